The van der Waals surface area contributed by atoms with Gasteiger partial charge in [-0.15, -0.1) is 0 Å². The van der Waals surface area contributed by atoms with Gasteiger partial charge in [-0.2, -0.15) is 0 Å². The van der Waals surface area contributed by atoms with E-state index >= 15 is 0 Å². The van der Waals surface area contributed by atoms with Crippen LogP contribution in [0.5, 0.6) is 0 Å². The van der Waals surface area contributed by atoms with E-state index < -0.39 is 0 Å². The van der Waals surface area contributed by atoms with Gasteiger partial charge in [-0.25, -0.2) is 4.39 Å². The monoisotopic (exact) mass is 361 g/mol. The van der Waals surface area contributed by atoms with E-state index in [1.807, 2.05) is 12.1 Å². The zero-order valence-corrected chi connectivity index (χ0v) is 15.4. The van der Waals surface area contributed by atoms with E-state index in [-0.39, 0.29) is 23.7 Å². The van der Waals surface area contributed by atoms with Crippen LogP contribution in [0.15, 0.2) is 24.3 Å². The van der Waals surface area contributed by atoms with Crippen molar-refractivity contribution in [2.45, 2.75) is 45.2 Å². The van der Waals surface area contributed by atoms with E-state index in [4.69, 9.17) is 0 Å². The van der Waals surface area contributed by atoms with E-state index in [0.717, 1.165) is 38.2 Å². The second-order valence-corrected chi connectivity index (χ2v) is 7.55. The molecular weight excluding hydrogens is 333 g/mol. The van der Waals surface area contributed by atoms with E-state index in [1.165, 1.54) is 25.5 Å². The average molecular weight is 361 g/mol. The number of amides is 2. The first kappa shape index (κ1) is 18.8. The molecule has 3 saturated heterocycles. The van der Waals surface area contributed by atoms with Crippen molar-refractivity contribution in [3.8, 4) is 0 Å². The zero-order valence-electron chi connectivity index (χ0n) is 15.4. The standard InChI is InChI=1S/C20H28FN3O2/c1-15(25)22-10-2-3-20(26)24-13-17-6-9-19(24)14-23(12-17)11-16-4-7-18(21)8-5-16/h4-5,7-8,17,19H,2-3,6,9-14H2,1H3,(H,22,25). The molecule has 2 amide bonds. The summed E-state index contributed by atoms with van der Waals surface area (Å²) in [6, 6.07) is 6.96. The van der Waals surface area contributed by atoms with Crippen LogP contribution >= 0.6 is 0 Å². The lowest BCUT2D eigenvalue weighted by Crippen LogP contribution is -2.47. The summed E-state index contributed by atoms with van der Waals surface area (Å²) in [5.74, 6) is 0.450. The maximum absolute atomic E-state index is 13.1. The molecule has 3 aliphatic heterocycles. The third-order valence-electron chi connectivity index (χ3n) is 5.37. The van der Waals surface area contributed by atoms with Gasteiger partial charge in [0, 0.05) is 52.1 Å². The fourth-order valence-corrected chi connectivity index (χ4v) is 4.11. The highest BCUT2D eigenvalue weighted by molar-refractivity contribution is 5.77. The van der Waals surface area contributed by atoms with Crippen molar-refractivity contribution in [2.75, 3.05) is 26.2 Å². The van der Waals surface area contributed by atoms with Crippen LogP contribution in [-0.2, 0) is 16.1 Å². The molecule has 0 aliphatic carbocycles. The smallest absolute Gasteiger partial charge is 0.222 e. The number of nitrogens with one attached hydrogen (secondary N) is 1. The fraction of sp³-hybridized carbons (Fsp3) is 0.600. The summed E-state index contributed by atoms with van der Waals surface area (Å²) in [6.07, 6.45) is 3.40. The summed E-state index contributed by atoms with van der Waals surface area (Å²) < 4.78 is 13.1. The maximum Gasteiger partial charge on any atom is 0.222 e. The van der Waals surface area contributed by atoms with Gasteiger partial charge in [-0.05, 0) is 42.9 Å². The molecule has 6 heteroatoms. The van der Waals surface area contributed by atoms with E-state index in [0.29, 0.717) is 25.3 Å². The minimum atomic E-state index is -0.208. The van der Waals surface area contributed by atoms with Crippen molar-refractivity contribution in [3.05, 3.63) is 35.6 Å². The van der Waals surface area contributed by atoms with Crippen LogP contribution in [0, 0.1) is 11.7 Å². The molecule has 1 N–H and O–H groups in total. The van der Waals surface area contributed by atoms with Crippen LogP contribution < -0.4 is 5.32 Å². The molecule has 26 heavy (non-hydrogen) atoms. The average Bonchev–Trinajstić information content (AvgIpc) is 2.91. The number of benzene rings is 1. The van der Waals surface area contributed by atoms with Crippen molar-refractivity contribution < 1.29 is 14.0 Å². The normalized spacial score (nSPS) is 22.9. The summed E-state index contributed by atoms with van der Waals surface area (Å²) in [7, 11) is 0. The first-order chi connectivity index (χ1) is 12.5. The topological polar surface area (TPSA) is 52.7 Å². The molecule has 4 rings (SSSR count). The van der Waals surface area contributed by atoms with Crippen molar-refractivity contribution in [2.24, 2.45) is 5.92 Å². The Labute approximate surface area is 154 Å². The SMILES string of the molecule is CC(=O)NCCCC(=O)N1CC2CCC1CN(Cc1ccc(F)cc1)C2. The molecule has 2 unspecified atom stereocenters. The van der Waals surface area contributed by atoms with Crippen LogP contribution in [0.25, 0.3) is 0 Å². The lowest BCUT2D eigenvalue weighted by molar-refractivity contribution is -0.135. The highest BCUT2D eigenvalue weighted by atomic mass is 19.1. The largest absolute Gasteiger partial charge is 0.356 e. The molecule has 142 valence electrons. The number of nitrogens with zero attached hydrogens (tertiary/aromatic N) is 2. The van der Waals surface area contributed by atoms with Crippen LogP contribution in [-0.4, -0.2) is 53.8 Å². The van der Waals surface area contributed by atoms with Crippen LogP contribution in [0.3, 0.4) is 0 Å². The summed E-state index contributed by atoms with van der Waals surface area (Å²) in [5.41, 5.74) is 1.11. The van der Waals surface area contributed by atoms with Crippen LogP contribution in [0.1, 0.15) is 38.2 Å². The van der Waals surface area contributed by atoms with E-state index in [9.17, 15) is 14.0 Å². The predicted molar refractivity (Wildman–Crippen MR) is 97.8 cm³/mol. The lowest BCUT2D eigenvalue weighted by Gasteiger charge is -2.36. The molecule has 1 aromatic rings. The van der Waals surface area contributed by atoms with Gasteiger partial charge in [0.05, 0.1) is 0 Å². The second kappa shape index (κ2) is 8.62. The van der Waals surface area contributed by atoms with Gasteiger partial charge in [0.15, 0.2) is 0 Å². The number of carbonyl (C=O) groups excluding carboxylic acids is 2. The van der Waals surface area contributed by atoms with Crippen LogP contribution in [0.4, 0.5) is 4.39 Å². The molecule has 5 nitrogen and oxygen atoms in total. The summed E-state index contributed by atoms with van der Waals surface area (Å²) >= 11 is 0. The van der Waals surface area contributed by atoms with Crippen LogP contribution in [0.2, 0.25) is 0 Å². The van der Waals surface area contributed by atoms with Crippen molar-refractivity contribution in [1.82, 2.24) is 15.1 Å². The van der Waals surface area contributed by atoms with Gasteiger partial charge < -0.3 is 10.2 Å². The van der Waals surface area contributed by atoms with Gasteiger partial charge in [-0.1, -0.05) is 12.1 Å². The summed E-state index contributed by atoms with van der Waals surface area (Å²) in [6.45, 7) is 5.56. The molecule has 2 atom stereocenters. The molecule has 0 radical (unpaired) electrons. The molecular formula is C20H28FN3O2. The van der Waals surface area contributed by atoms with Gasteiger partial charge >= 0.3 is 0 Å². The van der Waals surface area contributed by atoms with Crippen molar-refractivity contribution in [3.63, 3.8) is 0 Å². The number of rotatable bonds is 6. The Bertz CT molecular complexity index is 634. The first-order valence-corrected chi connectivity index (χ1v) is 9.52. The minimum absolute atomic E-state index is 0.0530. The Morgan fingerprint density at radius 1 is 1.15 bits per heavy atom. The summed E-state index contributed by atoms with van der Waals surface area (Å²) in [5, 5.41) is 2.74. The molecule has 2 bridgehead atoms. The molecule has 3 heterocycles. The Hall–Kier alpha value is -1.95. The number of fused-ring (bicyclic) bond motifs is 4. The fourth-order valence-electron chi connectivity index (χ4n) is 4.11. The lowest BCUT2D eigenvalue weighted by atomic mass is 9.94. The maximum atomic E-state index is 13.1. The van der Waals surface area contributed by atoms with Gasteiger partial charge in [0.2, 0.25) is 11.8 Å². The van der Waals surface area contributed by atoms with E-state index in [1.54, 1.807) is 0 Å². The highest BCUT2D eigenvalue weighted by Gasteiger charge is 2.36. The minimum Gasteiger partial charge on any atom is -0.356 e. The second-order valence-electron chi connectivity index (χ2n) is 7.55. The van der Waals surface area contributed by atoms with Crippen molar-refractivity contribution in [1.29, 1.82) is 0 Å². The molecule has 3 fully saturated rings. The number of carbonyl (C=O) groups is 2. The Morgan fingerprint density at radius 2 is 1.92 bits per heavy atom. The van der Waals surface area contributed by atoms with Gasteiger partial charge in [0.25, 0.3) is 0 Å². The third-order valence-corrected chi connectivity index (χ3v) is 5.37. The molecule has 1 aromatic carbocycles. The van der Waals surface area contributed by atoms with Gasteiger partial charge in [0.1, 0.15) is 5.82 Å². The predicted octanol–water partition coefficient (Wildman–Crippen LogP) is 2.16. The first-order valence-electron chi connectivity index (χ1n) is 9.52. The Kier molecular flexibility index (Phi) is 6.25. The highest BCUT2D eigenvalue weighted by Crippen LogP contribution is 2.29. The quantitative estimate of drug-likeness (QED) is 0.790. The molecule has 3 aliphatic rings. The number of hydrogen-bond donors (Lipinski definition) is 1. The number of piperidine rings is 1. The summed E-state index contributed by atoms with van der Waals surface area (Å²) in [4.78, 5) is 28.0. The molecule has 0 spiro atoms. The molecule has 0 aromatic heterocycles. The van der Waals surface area contributed by atoms with Crippen molar-refractivity contribution >= 4 is 11.8 Å². The van der Waals surface area contributed by atoms with E-state index in [2.05, 4.69) is 15.1 Å². The third kappa shape index (κ3) is 5.04. The number of halogens is 1. The number of hydrogen-bond acceptors (Lipinski definition) is 3. The Morgan fingerprint density at radius 3 is 2.65 bits per heavy atom. The zero-order chi connectivity index (χ0) is 18.5. The Balaban J connectivity index is 1.54. The molecule has 0 saturated carbocycles. The van der Waals surface area contributed by atoms with Gasteiger partial charge in [-0.3, -0.25) is 14.5 Å².